The van der Waals surface area contributed by atoms with Crippen LogP contribution in [0.15, 0.2) is 58.3 Å². The summed E-state index contributed by atoms with van der Waals surface area (Å²) in [6.45, 7) is 0. The predicted molar refractivity (Wildman–Crippen MR) is 97.5 cm³/mol. The zero-order chi connectivity index (χ0) is 18.4. The van der Waals surface area contributed by atoms with Crippen molar-refractivity contribution >= 4 is 46.8 Å². The molecule has 0 fully saturated rings. The Morgan fingerprint density at radius 1 is 1.12 bits per heavy atom. The van der Waals surface area contributed by atoms with Gasteiger partial charge in [0.05, 0.1) is 5.69 Å². The minimum absolute atomic E-state index is 0.0973. The molecule has 0 radical (unpaired) electrons. The van der Waals surface area contributed by atoms with Crippen molar-refractivity contribution in [3.05, 3.63) is 69.8 Å². The third-order valence-electron chi connectivity index (χ3n) is 3.07. The first-order chi connectivity index (χ1) is 12.6. The number of rotatable bonds is 6. The number of aromatic nitrogens is 2. The maximum absolute atomic E-state index is 12.2. The Morgan fingerprint density at radius 2 is 1.92 bits per heavy atom. The molecule has 2 N–H and O–H groups in total. The minimum atomic E-state index is -0.398. The molecule has 0 saturated heterocycles. The Hall–Kier alpha value is -3.10. The van der Waals surface area contributed by atoms with Gasteiger partial charge in [0.1, 0.15) is 6.21 Å². The fourth-order valence-electron chi connectivity index (χ4n) is 1.86. The zero-order valence-electron chi connectivity index (χ0n) is 13.0. The van der Waals surface area contributed by atoms with Crippen LogP contribution in [0.1, 0.15) is 16.1 Å². The molecular weight excluding hydrogens is 381 g/mol. The van der Waals surface area contributed by atoms with Crippen molar-refractivity contribution in [2.24, 2.45) is 5.16 Å². The number of hydrogen-bond donors (Lipinski definition) is 2. The van der Waals surface area contributed by atoms with Crippen molar-refractivity contribution in [3.63, 3.8) is 0 Å². The van der Waals surface area contributed by atoms with Gasteiger partial charge in [-0.2, -0.15) is 5.48 Å². The summed E-state index contributed by atoms with van der Waals surface area (Å²) in [5, 5.41) is 14.6. The molecule has 2 aromatic carbocycles. The molecule has 1 amide bonds. The first-order valence-corrected chi connectivity index (χ1v) is 7.98. The highest BCUT2D eigenvalue weighted by Crippen LogP contribution is 2.15. The van der Waals surface area contributed by atoms with Crippen LogP contribution in [0.25, 0.3) is 0 Å². The van der Waals surface area contributed by atoms with Crippen LogP contribution >= 0.6 is 23.2 Å². The molecule has 26 heavy (non-hydrogen) atoms. The van der Waals surface area contributed by atoms with Gasteiger partial charge in [0.25, 0.3) is 5.91 Å². The van der Waals surface area contributed by atoms with Crippen LogP contribution in [0, 0.1) is 0 Å². The van der Waals surface area contributed by atoms with E-state index in [4.69, 9.17) is 28.1 Å². The second-order valence-electron chi connectivity index (χ2n) is 4.90. The van der Waals surface area contributed by atoms with Gasteiger partial charge in [-0.3, -0.25) is 9.73 Å². The molecular formula is C16H11Cl2N5O3. The normalized spacial score (nSPS) is 10.7. The number of amides is 1. The van der Waals surface area contributed by atoms with E-state index in [-0.39, 0.29) is 11.5 Å². The minimum Gasteiger partial charge on any atom is -0.302 e. The Morgan fingerprint density at radius 3 is 2.69 bits per heavy atom. The van der Waals surface area contributed by atoms with Gasteiger partial charge in [-0.1, -0.05) is 34.4 Å². The molecule has 1 aromatic heterocycles. The molecule has 0 unspecified atom stereocenters. The maximum atomic E-state index is 12.2. The smallest absolute Gasteiger partial charge is 0.256 e. The van der Waals surface area contributed by atoms with Crippen LogP contribution < -0.4 is 10.8 Å². The average molecular weight is 392 g/mol. The topological polar surface area (TPSA) is 102 Å². The molecule has 1 heterocycles. The summed E-state index contributed by atoms with van der Waals surface area (Å²) >= 11 is 11.6. The van der Waals surface area contributed by atoms with E-state index >= 15 is 0 Å². The summed E-state index contributed by atoms with van der Waals surface area (Å²) in [6.07, 6.45) is 1.23. The molecule has 0 atom stereocenters. The molecule has 0 aliphatic carbocycles. The van der Waals surface area contributed by atoms with E-state index in [2.05, 4.69) is 30.9 Å². The number of benzene rings is 2. The Labute approximate surface area is 157 Å². The van der Waals surface area contributed by atoms with E-state index < -0.39 is 5.91 Å². The number of nitrogens with zero attached hydrogens (tertiary/aromatic N) is 3. The lowest BCUT2D eigenvalue weighted by Gasteiger charge is -2.02. The average Bonchev–Trinajstić information content (AvgIpc) is 3.06. The summed E-state index contributed by atoms with van der Waals surface area (Å²) in [4.78, 5) is 17.1. The first kappa shape index (κ1) is 17.7. The van der Waals surface area contributed by atoms with Crippen molar-refractivity contribution in [1.82, 2.24) is 10.3 Å². The van der Waals surface area contributed by atoms with Crippen molar-refractivity contribution in [2.75, 3.05) is 10.8 Å². The summed E-state index contributed by atoms with van der Waals surface area (Å²) in [6, 6.07) is 13.3. The van der Waals surface area contributed by atoms with E-state index in [1.165, 1.54) is 6.21 Å². The molecule has 10 heteroatoms. The van der Waals surface area contributed by atoms with Gasteiger partial charge in [0, 0.05) is 15.6 Å². The monoisotopic (exact) mass is 391 g/mol. The van der Waals surface area contributed by atoms with Gasteiger partial charge in [-0.25, -0.2) is 4.63 Å². The van der Waals surface area contributed by atoms with Crippen molar-refractivity contribution in [1.29, 1.82) is 0 Å². The number of anilines is 2. The largest absolute Gasteiger partial charge is 0.302 e. The van der Waals surface area contributed by atoms with Crippen molar-refractivity contribution < 1.29 is 14.4 Å². The summed E-state index contributed by atoms with van der Waals surface area (Å²) in [5.74, 6) is -0.301. The van der Waals surface area contributed by atoms with E-state index in [0.717, 1.165) is 0 Å². The summed E-state index contributed by atoms with van der Waals surface area (Å²) in [5.41, 5.74) is 3.78. The number of nitrogens with one attached hydrogen (secondary N) is 2. The molecule has 8 nitrogen and oxygen atoms in total. The number of halogens is 2. The molecule has 3 aromatic rings. The molecule has 0 spiro atoms. The SMILES string of the molecule is O=C(Nc1nonc1/C=N/ONc1cccc(Cl)c1)c1ccc(Cl)cc1. The van der Waals surface area contributed by atoms with E-state index in [1.807, 2.05) is 0 Å². The predicted octanol–water partition coefficient (Wildman–Crippen LogP) is 4.01. The fraction of sp³-hybridized carbons (Fsp3) is 0. The number of hydrogen-bond acceptors (Lipinski definition) is 7. The van der Waals surface area contributed by atoms with Gasteiger partial charge >= 0.3 is 0 Å². The lowest BCUT2D eigenvalue weighted by Crippen LogP contribution is -2.13. The fourth-order valence-corrected chi connectivity index (χ4v) is 2.17. The quantitative estimate of drug-likeness (QED) is 0.486. The first-order valence-electron chi connectivity index (χ1n) is 7.22. The lowest BCUT2D eigenvalue weighted by atomic mass is 10.2. The van der Waals surface area contributed by atoms with Crippen LogP contribution in [0.3, 0.4) is 0 Å². The van der Waals surface area contributed by atoms with Crippen LogP contribution in [0.5, 0.6) is 0 Å². The lowest BCUT2D eigenvalue weighted by molar-refractivity contribution is 0.102. The number of carbonyl (C=O) groups excluding carboxylic acids is 1. The second-order valence-corrected chi connectivity index (χ2v) is 5.77. The van der Waals surface area contributed by atoms with Crippen LogP contribution in [0.4, 0.5) is 11.5 Å². The number of oxime groups is 1. The molecule has 0 aliphatic heterocycles. The van der Waals surface area contributed by atoms with Gasteiger partial charge in [0.2, 0.25) is 5.82 Å². The van der Waals surface area contributed by atoms with Crippen LogP contribution in [-0.2, 0) is 4.94 Å². The highest BCUT2D eigenvalue weighted by Gasteiger charge is 2.13. The molecule has 0 saturated carbocycles. The Kier molecular flexibility index (Phi) is 5.67. The number of carbonyl (C=O) groups is 1. The summed E-state index contributed by atoms with van der Waals surface area (Å²) in [7, 11) is 0. The second kappa shape index (κ2) is 8.32. The molecule has 3 rings (SSSR count). The zero-order valence-corrected chi connectivity index (χ0v) is 14.5. The molecule has 0 bridgehead atoms. The van der Waals surface area contributed by atoms with Gasteiger partial charge in [0.15, 0.2) is 5.69 Å². The van der Waals surface area contributed by atoms with Crippen molar-refractivity contribution in [2.45, 2.75) is 0 Å². The molecule has 132 valence electrons. The van der Waals surface area contributed by atoms with E-state index in [1.54, 1.807) is 48.5 Å². The van der Waals surface area contributed by atoms with Crippen LogP contribution in [0.2, 0.25) is 10.0 Å². The highest BCUT2D eigenvalue weighted by molar-refractivity contribution is 6.31. The van der Waals surface area contributed by atoms with Gasteiger partial charge in [-0.05, 0) is 52.8 Å². The summed E-state index contributed by atoms with van der Waals surface area (Å²) < 4.78 is 4.61. The third kappa shape index (κ3) is 4.71. The van der Waals surface area contributed by atoms with E-state index in [9.17, 15) is 4.79 Å². The maximum Gasteiger partial charge on any atom is 0.256 e. The van der Waals surface area contributed by atoms with Crippen LogP contribution in [-0.4, -0.2) is 22.4 Å². The Balaban J connectivity index is 1.59. The standard InChI is InChI=1S/C16H11Cl2N5O3/c17-11-6-4-10(5-7-11)16(24)20-15-14(22-26-23-15)9-19-25-21-13-3-1-2-12(18)8-13/h1-9,21H,(H,20,23,24)/b19-9+. The van der Waals surface area contributed by atoms with Crippen molar-refractivity contribution in [3.8, 4) is 0 Å². The van der Waals surface area contributed by atoms with E-state index in [0.29, 0.717) is 21.3 Å². The third-order valence-corrected chi connectivity index (χ3v) is 3.56. The highest BCUT2D eigenvalue weighted by atomic mass is 35.5. The van der Waals surface area contributed by atoms with Gasteiger partial charge in [-0.15, -0.1) is 0 Å². The molecule has 0 aliphatic rings. The van der Waals surface area contributed by atoms with Gasteiger partial charge < -0.3 is 5.32 Å². The Bertz CT molecular complexity index is 928.